The average molecular weight is 335 g/mol. The molecule has 1 heterocycles. The molecule has 0 spiro atoms. The highest BCUT2D eigenvalue weighted by Crippen LogP contribution is 2.14. The van der Waals surface area contributed by atoms with Crippen LogP contribution >= 0.6 is 0 Å². The SMILES string of the molecule is O=C(O)C(F)(F)F.O=[N+]([O-])c1ccc(CN2CCNCC2)cc1. The number of carboxylic acids is 1. The molecule has 1 aromatic rings. The zero-order chi connectivity index (χ0) is 17.5. The molecule has 0 saturated carbocycles. The van der Waals surface area contributed by atoms with E-state index in [1.165, 1.54) is 0 Å². The van der Waals surface area contributed by atoms with Crippen molar-refractivity contribution in [2.45, 2.75) is 12.7 Å². The molecule has 0 aromatic heterocycles. The van der Waals surface area contributed by atoms with E-state index >= 15 is 0 Å². The Kier molecular flexibility index (Phi) is 6.91. The van der Waals surface area contributed by atoms with Crippen molar-refractivity contribution in [1.29, 1.82) is 0 Å². The van der Waals surface area contributed by atoms with Crippen LogP contribution in [0.3, 0.4) is 0 Å². The van der Waals surface area contributed by atoms with Gasteiger partial charge in [0.25, 0.3) is 5.69 Å². The lowest BCUT2D eigenvalue weighted by Crippen LogP contribution is -2.42. The highest BCUT2D eigenvalue weighted by Gasteiger charge is 2.38. The number of non-ortho nitro benzene ring substituents is 1. The van der Waals surface area contributed by atoms with Crippen molar-refractivity contribution in [3.63, 3.8) is 0 Å². The predicted octanol–water partition coefficient (Wildman–Crippen LogP) is 1.63. The first-order valence-electron chi connectivity index (χ1n) is 6.66. The first-order valence-corrected chi connectivity index (χ1v) is 6.66. The molecule has 23 heavy (non-hydrogen) atoms. The van der Waals surface area contributed by atoms with Crippen LogP contribution in [0.1, 0.15) is 5.56 Å². The van der Waals surface area contributed by atoms with Crippen LogP contribution in [0.15, 0.2) is 24.3 Å². The number of benzene rings is 1. The molecule has 0 radical (unpaired) electrons. The molecule has 1 aliphatic heterocycles. The molecule has 7 nitrogen and oxygen atoms in total. The van der Waals surface area contributed by atoms with Crippen molar-refractivity contribution in [3.05, 3.63) is 39.9 Å². The number of nitro benzene ring substituents is 1. The van der Waals surface area contributed by atoms with Crippen LogP contribution in [0.4, 0.5) is 18.9 Å². The minimum Gasteiger partial charge on any atom is -0.475 e. The first-order chi connectivity index (χ1) is 10.7. The molecular formula is C13H16F3N3O4. The Morgan fingerprint density at radius 1 is 1.26 bits per heavy atom. The van der Waals surface area contributed by atoms with Gasteiger partial charge < -0.3 is 10.4 Å². The van der Waals surface area contributed by atoms with Gasteiger partial charge in [0.1, 0.15) is 0 Å². The van der Waals surface area contributed by atoms with Crippen LogP contribution in [0.25, 0.3) is 0 Å². The van der Waals surface area contributed by atoms with Gasteiger partial charge >= 0.3 is 12.1 Å². The summed E-state index contributed by atoms with van der Waals surface area (Å²) in [5, 5.41) is 20.9. The van der Waals surface area contributed by atoms with E-state index in [-0.39, 0.29) is 10.6 Å². The fourth-order valence-corrected chi connectivity index (χ4v) is 1.85. The van der Waals surface area contributed by atoms with Gasteiger partial charge in [-0.15, -0.1) is 0 Å². The molecule has 10 heteroatoms. The number of hydrogen-bond donors (Lipinski definition) is 2. The van der Waals surface area contributed by atoms with E-state index in [9.17, 15) is 23.3 Å². The minimum absolute atomic E-state index is 0.157. The molecule has 0 amide bonds. The van der Waals surface area contributed by atoms with Crippen LogP contribution in [-0.2, 0) is 11.3 Å². The number of aliphatic carboxylic acids is 1. The molecule has 1 saturated heterocycles. The van der Waals surface area contributed by atoms with Crippen molar-refractivity contribution in [2.75, 3.05) is 26.2 Å². The Hall–Kier alpha value is -2.20. The number of carboxylic acid groups (broad SMARTS) is 1. The van der Waals surface area contributed by atoms with E-state index in [0.717, 1.165) is 38.3 Å². The van der Waals surface area contributed by atoms with Crippen molar-refractivity contribution < 1.29 is 28.0 Å². The summed E-state index contributed by atoms with van der Waals surface area (Å²) in [5.74, 6) is -2.76. The topological polar surface area (TPSA) is 95.7 Å². The number of halogens is 3. The summed E-state index contributed by atoms with van der Waals surface area (Å²) < 4.78 is 31.7. The van der Waals surface area contributed by atoms with Crippen LogP contribution in [-0.4, -0.2) is 53.3 Å². The second-order valence-corrected chi connectivity index (χ2v) is 4.75. The largest absolute Gasteiger partial charge is 0.490 e. The molecule has 1 aliphatic rings. The molecule has 0 bridgehead atoms. The lowest BCUT2D eigenvalue weighted by Gasteiger charge is -2.27. The van der Waals surface area contributed by atoms with Crippen LogP contribution in [0, 0.1) is 10.1 Å². The van der Waals surface area contributed by atoms with Gasteiger partial charge in [0.05, 0.1) is 4.92 Å². The number of piperazine rings is 1. The Labute approximate surface area is 129 Å². The fourth-order valence-electron chi connectivity index (χ4n) is 1.85. The van der Waals surface area contributed by atoms with E-state index in [4.69, 9.17) is 9.90 Å². The molecule has 128 valence electrons. The summed E-state index contributed by atoms with van der Waals surface area (Å²) in [7, 11) is 0. The quantitative estimate of drug-likeness (QED) is 0.644. The van der Waals surface area contributed by atoms with Gasteiger partial charge in [-0.05, 0) is 5.56 Å². The molecule has 1 fully saturated rings. The van der Waals surface area contributed by atoms with Gasteiger partial charge in [-0.3, -0.25) is 15.0 Å². The van der Waals surface area contributed by atoms with Crippen molar-refractivity contribution >= 4 is 11.7 Å². The monoisotopic (exact) mass is 335 g/mol. The summed E-state index contributed by atoms with van der Waals surface area (Å²) in [6.45, 7) is 4.99. The van der Waals surface area contributed by atoms with Gasteiger partial charge in [0.15, 0.2) is 0 Å². The minimum atomic E-state index is -5.08. The Balaban J connectivity index is 0.000000322. The normalized spacial score (nSPS) is 15.4. The predicted molar refractivity (Wildman–Crippen MR) is 74.9 cm³/mol. The summed E-state index contributed by atoms with van der Waals surface area (Å²) in [6.07, 6.45) is -5.08. The fraction of sp³-hybridized carbons (Fsp3) is 0.462. The third-order valence-electron chi connectivity index (χ3n) is 3.01. The molecule has 0 atom stereocenters. The van der Waals surface area contributed by atoms with Gasteiger partial charge in [-0.2, -0.15) is 13.2 Å². The lowest BCUT2D eigenvalue weighted by atomic mass is 10.2. The molecular weight excluding hydrogens is 319 g/mol. The molecule has 1 aromatic carbocycles. The average Bonchev–Trinajstić information content (AvgIpc) is 2.48. The van der Waals surface area contributed by atoms with Gasteiger partial charge in [-0.25, -0.2) is 4.79 Å². The molecule has 2 N–H and O–H groups in total. The van der Waals surface area contributed by atoms with Gasteiger partial charge in [-0.1, -0.05) is 12.1 Å². The highest BCUT2D eigenvalue weighted by atomic mass is 19.4. The summed E-state index contributed by atoms with van der Waals surface area (Å²) in [4.78, 5) is 21.4. The van der Waals surface area contributed by atoms with E-state index in [2.05, 4.69) is 10.2 Å². The first kappa shape index (κ1) is 18.8. The molecule has 0 aliphatic carbocycles. The standard InChI is InChI=1S/C11H15N3O2.C2HF3O2/c15-14(16)11-3-1-10(2-4-11)9-13-7-5-12-6-8-13;3-2(4,5)1(6)7/h1-4,12H,5-9H2;(H,6,7). The number of nitrogens with one attached hydrogen (secondary N) is 1. The maximum absolute atomic E-state index is 10.6. The van der Waals surface area contributed by atoms with Crippen molar-refractivity contribution in [1.82, 2.24) is 10.2 Å². The number of rotatable bonds is 3. The molecule has 0 unspecified atom stereocenters. The van der Waals surface area contributed by atoms with Crippen molar-refractivity contribution in [3.8, 4) is 0 Å². The Bertz CT molecular complexity index is 528. The van der Waals surface area contributed by atoms with E-state index in [0.29, 0.717) is 0 Å². The maximum atomic E-state index is 10.6. The van der Waals surface area contributed by atoms with E-state index in [1.807, 2.05) is 12.1 Å². The van der Waals surface area contributed by atoms with Gasteiger partial charge in [0.2, 0.25) is 0 Å². The number of nitrogens with zero attached hydrogens (tertiary/aromatic N) is 2. The summed E-state index contributed by atoms with van der Waals surface area (Å²) in [6, 6.07) is 6.80. The second kappa shape index (κ2) is 8.44. The molecule has 2 rings (SSSR count). The van der Waals surface area contributed by atoms with Crippen LogP contribution in [0.5, 0.6) is 0 Å². The summed E-state index contributed by atoms with van der Waals surface area (Å²) >= 11 is 0. The summed E-state index contributed by atoms with van der Waals surface area (Å²) in [5.41, 5.74) is 1.29. The Morgan fingerprint density at radius 2 is 1.74 bits per heavy atom. The number of nitro groups is 1. The maximum Gasteiger partial charge on any atom is 0.490 e. The lowest BCUT2D eigenvalue weighted by molar-refractivity contribution is -0.384. The van der Waals surface area contributed by atoms with Gasteiger partial charge in [0, 0.05) is 44.9 Å². The smallest absolute Gasteiger partial charge is 0.475 e. The van der Waals surface area contributed by atoms with Crippen LogP contribution in [0.2, 0.25) is 0 Å². The van der Waals surface area contributed by atoms with E-state index in [1.54, 1.807) is 12.1 Å². The zero-order valence-electron chi connectivity index (χ0n) is 12.0. The third kappa shape index (κ3) is 7.06. The zero-order valence-corrected chi connectivity index (χ0v) is 12.0. The Morgan fingerprint density at radius 3 is 2.13 bits per heavy atom. The highest BCUT2D eigenvalue weighted by molar-refractivity contribution is 5.73. The second-order valence-electron chi connectivity index (χ2n) is 4.75. The van der Waals surface area contributed by atoms with Crippen molar-refractivity contribution in [2.24, 2.45) is 0 Å². The van der Waals surface area contributed by atoms with E-state index < -0.39 is 12.1 Å². The number of alkyl halides is 3. The number of hydrogen-bond acceptors (Lipinski definition) is 5. The number of carbonyl (C=O) groups is 1. The third-order valence-corrected chi connectivity index (χ3v) is 3.01. The van der Waals surface area contributed by atoms with Crippen LogP contribution < -0.4 is 5.32 Å².